The molecule has 0 fully saturated rings. The van der Waals surface area contributed by atoms with E-state index in [9.17, 15) is 13.2 Å². The molecule has 2 aromatic carbocycles. The number of halogens is 1. The Hall–Kier alpha value is -2.51. The van der Waals surface area contributed by atoms with Crippen LogP contribution < -0.4 is 4.72 Å². The lowest BCUT2D eigenvalue weighted by Gasteiger charge is -2.19. The fraction of sp³-hybridized carbons (Fsp3) is 0.318. The third-order valence-corrected chi connectivity index (χ3v) is 6.42. The van der Waals surface area contributed by atoms with Gasteiger partial charge in [0.1, 0.15) is 12.1 Å². The van der Waals surface area contributed by atoms with E-state index in [1.165, 1.54) is 0 Å². The second-order valence-corrected chi connectivity index (χ2v) is 10.3. The Bertz CT molecular complexity index is 1220. The van der Waals surface area contributed by atoms with Crippen molar-refractivity contribution in [1.29, 1.82) is 0 Å². The van der Waals surface area contributed by atoms with Gasteiger partial charge in [0.05, 0.1) is 16.1 Å². The van der Waals surface area contributed by atoms with Gasteiger partial charge in [-0.05, 0) is 81.5 Å². The van der Waals surface area contributed by atoms with Crippen LogP contribution in [-0.2, 0) is 26.1 Å². The summed E-state index contributed by atoms with van der Waals surface area (Å²) in [5, 5.41) is 1.41. The number of aromatic nitrogens is 1. The summed E-state index contributed by atoms with van der Waals surface area (Å²) in [7, 11) is -3.80. The molecule has 0 saturated heterocycles. The van der Waals surface area contributed by atoms with Crippen molar-refractivity contribution in [3.8, 4) is 0 Å². The second-order valence-electron chi connectivity index (χ2n) is 8.28. The highest BCUT2D eigenvalue weighted by Gasteiger charge is 2.20. The molecule has 1 N–H and O–H groups in total. The number of anilines is 1. The third-order valence-electron chi connectivity index (χ3n) is 4.49. The number of carbonyl (C=O) groups excluding carboxylic acids is 1. The molecular weight excluding hydrogens is 424 g/mol. The van der Waals surface area contributed by atoms with Gasteiger partial charge >= 0.3 is 5.97 Å². The van der Waals surface area contributed by atoms with Crippen molar-refractivity contribution >= 4 is 44.2 Å². The van der Waals surface area contributed by atoms with Gasteiger partial charge in [0.15, 0.2) is 0 Å². The summed E-state index contributed by atoms with van der Waals surface area (Å²) >= 11 is 6.09. The van der Waals surface area contributed by atoms with Crippen molar-refractivity contribution in [2.24, 2.45) is 0 Å². The number of ether oxygens (including phenoxy) is 1. The van der Waals surface area contributed by atoms with Crippen LogP contribution in [0.2, 0.25) is 5.02 Å². The molecule has 1 aromatic heterocycles. The summed E-state index contributed by atoms with van der Waals surface area (Å²) in [6.45, 7) is 8.93. The molecule has 0 unspecified atom stereocenters. The number of benzene rings is 2. The van der Waals surface area contributed by atoms with E-state index in [1.54, 1.807) is 54.9 Å². The van der Waals surface area contributed by atoms with Crippen LogP contribution >= 0.6 is 11.6 Å². The second kappa shape index (κ2) is 7.96. The highest BCUT2D eigenvalue weighted by atomic mass is 35.5. The number of rotatable bonds is 5. The molecule has 8 heteroatoms. The molecule has 1 heterocycles. The van der Waals surface area contributed by atoms with Gasteiger partial charge in [-0.2, -0.15) is 0 Å². The molecule has 30 heavy (non-hydrogen) atoms. The van der Waals surface area contributed by atoms with Crippen molar-refractivity contribution in [1.82, 2.24) is 4.57 Å². The molecule has 0 amide bonds. The molecule has 0 aliphatic heterocycles. The normalized spacial score (nSPS) is 12.2. The Balaban J connectivity index is 1.90. The maximum Gasteiger partial charge on any atom is 0.326 e. The Morgan fingerprint density at radius 1 is 1.10 bits per heavy atom. The monoisotopic (exact) mass is 448 g/mol. The van der Waals surface area contributed by atoms with E-state index in [-0.39, 0.29) is 17.4 Å². The quantitative estimate of drug-likeness (QED) is 0.554. The summed E-state index contributed by atoms with van der Waals surface area (Å²) in [5.74, 6) is -0.363. The van der Waals surface area contributed by atoms with Crippen LogP contribution in [0.1, 0.15) is 31.9 Å². The summed E-state index contributed by atoms with van der Waals surface area (Å²) in [4.78, 5) is 12.4. The van der Waals surface area contributed by atoms with Gasteiger partial charge in [-0.3, -0.25) is 9.52 Å². The van der Waals surface area contributed by atoms with E-state index in [0.29, 0.717) is 21.8 Å². The zero-order valence-electron chi connectivity index (χ0n) is 17.6. The van der Waals surface area contributed by atoms with Gasteiger partial charge in [-0.15, -0.1) is 0 Å². The average molecular weight is 449 g/mol. The number of nitrogens with one attached hydrogen (secondary N) is 1. The number of nitrogens with zero attached hydrogens (tertiary/aromatic N) is 1. The average Bonchev–Trinajstić information content (AvgIpc) is 2.98. The zero-order valence-corrected chi connectivity index (χ0v) is 19.2. The lowest BCUT2D eigenvalue weighted by molar-refractivity contribution is -0.155. The fourth-order valence-electron chi connectivity index (χ4n) is 3.15. The molecule has 0 aliphatic carbocycles. The topological polar surface area (TPSA) is 77.4 Å². The van der Waals surface area contributed by atoms with E-state index in [0.717, 1.165) is 10.9 Å². The fourth-order valence-corrected chi connectivity index (χ4v) is 4.73. The molecule has 0 atom stereocenters. The van der Waals surface area contributed by atoms with Crippen molar-refractivity contribution in [2.75, 3.05) is 4.72 Å². The van der Waals surface area contributed by atoms with Crippen molar-refractivity contribution < 1.29 is 17.9 Å². The summed E-state index contributed by atoms with van der Waals surface area (Å²) in [5.41, 5.74) is 1.80. The SMILES string of the molecule is Cc1cc(S(=O)(=O)Nc2ccc3ccn(CC(=O)OC(C)(C)C)c3c2)c(C)cc1Cl. The number of sulfonamides is 1. The van der Waals surface area contributed by atoms with Crippen LogP contribution in [0, 0.1) is 13.8 Å². The first kappa shape index (κ1) is 22.2. The molecule has 160 valence electrons. The molecule has 0 saturated carbocycles. The smallest absolute Gasteiger partial charge is 0.326 e. The van der Waals surface area contributed by atoms with Crippen LogP contribution in [0.3, 0.4) is 0 Å². The minimum atomic E-state index is -3.80. The van der Waals surface area contributed by atoms with E-state index in [2.05, 4.69) is 4.72 Å². The van der Waals surface area contributed by atoms with Crippen LogP contribution in [0.5, 0.6) is 0 Å². The Labute approximate surface area is 181 Å². The standard InChI is InChI=1S/C22H25ClN2O4S/c1-14-11-20(15(2)10-18(14)23)30(27,28)24-17-7-6-16-8-9-25(19(16)12-17)13-21(26)29-22(3,4)5/h6-12,24H,13H2,1-5H3. The first-order valence-electron chi connectivity index (χ1n) is 9.46. The predicted molar refractivity (Wildman–Crippen MR) is 120 cm³/mol. The number of fused-ring (bicyclic) bond motifs is 1. The number of hydrogen-bond donors (Lipinski definition) is 1. The van der Waals surface area contributed by atoms with Crippen molar-refractivity contribution in [2.45, 2.75) is 51.7 Å². The first-order valence-corrected chi connectivity index (χ1v) is 11.3. The number of aryl methyl sites for hydroxylation is 2. The maximum atomic E-state index is 12.9. The van der Waals surface area contributed by atoms with Crippen LogP contribution in [-0.4, -0.2) is 24.6 Å². The van der Waals surface area contributed by atoms with Gasteiger partial charge in [0.2, 0.25) is 0 Å². The van der Waals surface area contributed by atoms with Gasteiger partial charge in [-0.25, -0.2) is 8.42 Å². The summed E-state index contributed by atoms with van der Waals surface area (Å²) < 4.78 is 35.6. The van der Waals surface area contributed by atoms with E-state index in [4.69, 9.17) is 16.3 Å². The number of carbonyl (C=O) groups is 1. The van der Waals surface area contributed by atoms with Crippen LogP contribution in [0.15, 0.2) is 47.5 Å². The molecule has 0 aliphatic rings. The molecule has 0 bridgehead atoms. The lowest BCUT2D eigenvalue weighted by Crippen LogP contribution is -2.26. The molecular formula is C22H25ClN2O4S. The molecule has 3 aromatic rings. The van der Waals surface area contributed by atoms with Crippen molar-refractivity contribution in [3.05, 3.63) is 58.7 Å². The number of hydrogen-bond acceptors (Lipinski definition) is 4. The molecule has 0 radical (unpaired) electrons. The molecule has 3 rings (SSSR count). The van der Waals surface area contributed by atoms with Crippen LogP contribution in [0.4, 0.5) is 5.69 Å². The van der Waals surface area contributed by atoms with Gasteiger partial charge < -0.3 is 9.30 Å². The largest absolute Gasteiger partial charge is 0.459 e. The van der Waals surface area contributed by atoms with Gasteiger partial charge in [-0.1, -0.05) is 17.7 Å². The molecule has 6 nitrogen and oxygen atoms in total. The Morgan fingerprint density at radius 3 is 2.47 bits per heavy atom. The van der Waals surface area contributed by atoms with E-state index in [1.807, 2.05) is 26.8 Å². The molecule has 0 spiro atoms. The minimum Gasteiger partial charge on any atom is -0.459 e. The van der Waals surface area contributed by atoms with E-state index < -0.39 is 15.6 Å². The minimum absolute atomic E-state index is 0.0342. The lowest BCUT2D eigenvalue weighted by atomic mass is 10.2. The maximum absolute atomic E-state index is 12.9. The van der Waals surface area contributed by atoms with Crippen molar-refractivity contribution in [3.63, 3.8) is 0 Å². The predicted octanol–water partition coefficient (Wildman–Crippen LogP) is 5.05. The van der Waals surface area contributed by atoms with Crippen LogP contribution in [0.25, 0.3) is 10.9 Å². The first-order chi connectivity index (χ1) is 13.9. The Kier molecular flexibility index (Phi) is 5.89. The Morgan fingerprint density at radius 2 is 1.80 bits per heavy atom. The van der Waals surface area contributed by atoms with E-state index >= 15 is 0 Å². The highest BCUT2D eigenvalue weighted by Crippen LogP contribution is 2.27. The summed E-state index contributed by atoms with van der Waals surface area (Å²) in [6.07, 6.45) is 1.78. The highest BCUT2D eigenvalue weighted by molar-refractivity contribution is 7.92. The zero-order chi connectivity index (χ0) is 22.3. The van der Waals surface area contributed by atoms with Gasteiger partial charge in [0.25, 0.3) is 10.0 Å². The number of esters is 1. The van der Waals surface area contributed by atoms with Gasteiger partial charge in [0, 0.05) is 11.2 Å². The third kappa shape index (κ3) is 4.96. The summed E-state index contributed by atoms with van der Waals surface area (Å²) in [6, 6.07) is 10.3.